The van der Waals surface area contributed by atoms with Crippen molar-refractivity contribution in [3.63, 3.8) is 0 Å². The molecular weight excluding hydrogens is 290 g/mol. The van der Waals surface area contributed by atoms with Gasteiger partial charge in [-0.3, -0.25) is 0 Å². The van der Waals surface area contributed by atoms with Crippen molar-refractivity contribution in [2.75, 3.05) is 0 Å². The van der Waals surface area contributed by atoms with Crippen molar-refractivity contribution in [2.24, 2.45) is 0 Å². The predicted octanol–water partition coefficient (Wildman–Crippen LogP) is 3.29. The molecule has 0 aliphatic heterocycles. The van der Waals surface area contributed by atoms with Crippen molar-refractivity contribution in [3.8, 4) is 28.7 Å². The van der Waals surface area contributed by atoms with Crippen LogP contribution < -0.4 is 0 Å². The smallest absolute Gasteiger partial charge is 0.258 e. The van der Waals surface area contributed by atoms with Crippen LogP contribution in [0.3, 0.4) is 0 Å². The molecule has 112 valence electrons. The van der Waals surface area contributed by atoms with Gasteiger partial charge in [0.05, 0.1) is 11.9 Å². The number of aromatic nitrogens is 5. The molecule has 0 radical (unpaired) electrons. The van der Waals surface area contributed by atoms with Gasteiger partial charge in [-0.1, -0.05) is 46.3 Å². The largest absolute Gasteiger partial charge is 0.334 e. The number of hydrogen-bond donors (Lipinski definition) is 0. The monoisotopic (exact) mass is 303 g/mol. The second-order valence-electron chi connectivity index (χ2n) is 5.18. The molecule has 0 N–H and O–H groups in total. The Bertz CT molecular complexity index is 942. The highest BCUT2D eigenvalue weighted by molar-refractivity contribution is 5.57. The van der Waals surface area contributed by atoms with Gasteiger partial charge in [0.15, 0.2) is 5.69 Å². The first-order chi connectivity index (χ1) is 11.3. The highest BCUT2D eigenvalue weighted by Gasteiger charge is 2.14. The zero-order valence-corrected chi connectivity index (χ0v) is 12.4. The van der Waals surface area contributed by atoms with Crippen molar-refractivity contribution < 1.29 is 4.52 Å². The normalized spacial score (nSPS) is 10.8. The van der Waals surface area contributed by atoms with E-state index in [1.54, 1.807) is 10.9 Å². The number of aryl methyl sites for hydroxylation is 1. The van der Waals surface area contributed by atoms with Crippen LogP contribution in [0.2, 0.25) is 0 Å². The lowest BCUT2D eigenvalue weighted by molar-refractivity contribution is 0.432. The molecule has 0 saturated carbocycles. The second kappa shape index (κ2) is 5.49. The Balaban J connectivity index is 1.66. The van der Waals surface area contributed by atoms with Gasteiger partial charge in [-0.05, 0) is 31.2 Å². The molecule has 0 unspecified atom stereocenters. The van der Waals surface area contributed by atoms with Crippen LogP contribution in [-0.4, -0.2) is 25.1 Å². The van der Waals surface area contributed by atoms with Crippen molar-refractivity contribution >= 4 is 0 Å². The van der Waals surface area contributed by atoms with Gasteiger partial charge >= 0.3 is 0 Å². The minimum Gasteiger partial charge on any atom is -0.334 e. The third-order valence-electron chi connectivity index (χ3n) is 3.43. The molecule has 4 rings (SSSR count). The Morgan fingerprint density at radius 3 is 2.70 bits per heavy atom. The van der Waals surface area contributed by atoms with Crippen LogP contribution in [0.15, 0.2) is 65.3 Å². The first-order valence-electron chi connectivity index (χ1n) is 7.18. The molecule has 0 bridgehead atoms. The van der Waals surface area contributed by atoms with Crippen molar-refractivity contribution in [3.05, 3.63) is 66.4 Å². The van der Waals surface area contributed by atoms with Crippen LogP contribution in [0.5, 0.6) is 0 Å². The van der Waals surface area contributed by atoms with E-state index >= 15 is 0 Å². The first kappa shape index (κ1) is 13.4. The molecule has 4 aromatic rings. The minimum atomic E-state index is 0.420. The van der Waals surface area contributed by atoms with Gasteiger partial charge in [-0.15, -0.1) is 5.10 Å². The van der Waals surface area contributed by atoms with Gasteiger partial charge in [0.25, 0.3) is 5.89 Å². The maximum absolute atomic E-state index is 5.34. The molecule has 6 heteroatoms. The summed E-state index contributed by atoms with van der Waals surface area (Å²) in [4.78, 5) is 4.41. The van der Waals surface area contributed by atoms with E-state index < -0.39 is 0 Å². The minimum absolute atomic E-state index is 0.420. The highest BCUT2D eigenvalue weighted by atomic mass is 16.5. The maximum Gasteiger partial charge on any atom is 0.258 e. The summed E-state index contributed by atoms with van der Waals surface area (Å²) in [6.45, 7) is 2.02. The zero-order chi connectivity index (χ0) is 15.6. The van der Waals surface area contributed by atoms with Crippen LogP contribution >= 0.6 is 0 Å². The molecule has 2 aromatic heterocycles. The van der Waals surface area contributed by atoms with E-state index in [1.807, 2.05) is 61.5 Å². The van der Waals surface area contributed by atoms with Gasteiger partial charge in [-0.2, -0.15) is 4.98 Å². The zero-order valence-electron chi connectivity index (χ0n) is 12.4. The van der Waals surface area contributed by atoms with Crippen molar-refractivity contribution in [2.45, 2.75) is 6.92 Å². The highest BCUT2D eigenvalue weighted by Crippen LogP contribution is 2.22. The van der Waals surface area contributed by atoms with Gasteiger partial charge < -0.3 is 4.52 Å². The molecule has 0 fully saturated rings. The molecular formula is C17H13N5O. The molecule has 0 atom stereocenters. The Kier molecular flexibility index (Phi) is 3.20. The lowest BCUT2D eigenvalue weighted by atomic mass is 10.1. The topological polar surface area (TPSA) is 69.6 Å². The molecule has 0 aliphatic rings. The maximum atomic E-state index is 5.34. The van der Waals surface area contributed by atoms with Gasteiger partial charge in [-0.25, -0.2) is 4.68 Å². The lowest BCUT2D eigenvalue weighted by Gasteiger charge is -1.96. The fourth-order valence-electron chi connectivity index (χ4n) is 2.30. The number of rotatable bonds is 3. The van der Waals surface area contributed by atoms with E-state index in [0.717, 1.165) is 16.8 Å². The SMILES string of the molecule is Cc1cccc(-c2nc(-c3cn(-c4ccccc4)nn3)no2)c1. The Morgan fingerprint density at radius 1 is 1.00 bits per heavy atom. The summed E-state index contributed by atoms with van der Waals surface area (Å²) < 4.78 is 7.02. The molecule has 2 heterocycles. The van der Waals surface area contributed by atoms with Crippen molar-refractivity contribution in [1.29, 1.82) is 0 Å². The Hall–Kier alpha value is -3.28. The fourth-order valence-corrected chi connectivity index (χ4v) is 2.30. The average Bonchev–Trinajstić information content (AvgIpc) is 3.25. The van der Waals surface area contributed by atoms with Gasteiger partial charge in [0.2, 0.25) is 5.82 Å². The van der Waals surface area contributed by atoms with E-state index in [1.165, 1.54) is 0 Å². The molecule has 6 nitrogen and oxygen atoms in total. The van der Waals surface area contributed by atoms with Crippen LogP contribution in [0.25, 0.3) is 28.7 Å². The van der Waals surface area contributed by atoms with Gasteiger partial charge in [0.1, 0.15) is 0 Å². The van der Waals surface area contributed by atoms with Crippen LogP contribution in [0.1, 0.15) is 5.56 Å². The van der Waals surface area contributed by atoms with E-state index in [9.17, 15) is 0 Å². The van der Waals surface area contributed by atoms with Gasteiger partial charge in [0, 0.05) is 5.56 Å². The molecule has 23 heavy (non-hydrogen) atoms. The molecule has 0 spiro atoms. The standard InChI is InChI=1S/C17H13N5O/c1-12-6-5-7-13(10-12)17-18-16(20-23-17)15-11-22(21-19-15)14-8-3-2-4-9-14/h2-11H,1H3. The number of hydrogen-bond acceptors (Lipinski definition) is 5. The summed E-state index contributed by atoms with van der Waals surface area (Å²) in [5.74, 6) is 0.890. The average molecular weight is 303 g/mol. The van der Waals surface area contributed by atoms with Crippen LogP contribution in [-0.2, 0) is 0 Å². The van der Waals surface area contributed by atoms with Crippen molar-refractivity contribution in [1.82, 2.24) is 25.1 Å². The van der Waals surface area contributed by atoms with E-state index in [-0.39, 0.29) is 0 Å². The second-order valence-corrected chi connectivity index (χ2v) is 5.18. The third kappa shape index (κ3) is 2.62. The summed E-state index contributed by atoms with van der Waals surface area (Å²) in [6, 6.07) is 17.7. The van der Waals surface area contributed by atoms with Crippen LogP contribution in [0, 0.1) is 6.92 Å². The Labute approximate surface area is 132 Å². The quantitative estimate of drug-likeness (QED) is 0.581. The number of nitrogens with zero attached hydrogens (tertiary/aromatic N) is 5. The molecule has 0 saturated heterocycles. The summed E-state index contributed by atoms with van der Waals surface area (Å²) >= 11 is 0. The van der Waals surface area contributed by atoms with E-state index in [2.05, 4.69) is 20.5 Å². The van der Waals surface area contributed by atoms with E-state index in [4.69, 9.17) is 4.52 Å². The lowest BCUT2D eigenvalue weighted by Crippen LogP contribution is -1.93. The van der Waals surface area contributed by atoms with Crippen LogP contribution in [0.4, 0.5) is 0 Å². The number of para-hydroxylation sites is 1. The molecule has 0 amide bonds. The molecule has 0 aliphatic carbocycles. The summed E-state index contributed by atoms with van der Waals surface area (Å²) in [7, 11) is 0. The molecule has 2 aromatic carbocycles. The first-order valence-corrected chi connectivity index (χ1v) is 7.18. The predicted molar refractivity (Wildman–Crippen MR) is 84.8 cm³/mol. The summed E-state index contributed by atoms with van der Waals surface area (Å²) in [6.07, 6.45) is 1.78. The third-order valence-corrected chi connectivity index (χ3v) is 3.43. The van der Waals surface area contributed by atoms with E-state index in [0.29, 0.717) is 17.4 Å². The Morgan fingerprint density at radius 2 is 1.87 bits per heavy atom. The summed E-state index contributed by atoms with van der Waals surface area (Å²) in [5, 5.41) is 12.2. The number of benzene rings is 2. The summed E-state index contributed by atoms with van der Waals surface area (Å²) in [5.41, 5.74) is 3.52. The fraction of sp³-hybridized carbons (Fsp3) is 0.0588.